The first kappa shape index (κ1) is 29.8. The minimum atomic E-state index is -0.631. The monoisotopic (exact) mass is 646 g/mol. The summed E-state index contributed by atoms with van der Waals surface area (Å²) in [4.78, 5) is 34.3. The largest absolute Gasteiger partial charge is 0.487 e. The fraction of sp³-hybridized carbons (Fsp3) is 0.240. The van der Waals surface area contributed by atoms with Crippen LogP contribution in [0.2, 0.25) is 0 Å². The van der Waals surface area contributed by atoms with Crippen molar-refractivity contribution in [2.45, 2.75) is 6.92 Å². The van der Waals surface area contributed by atoms with Gasteiger partial charge >= 0.3 is 0 Å². The summed E-state index contributed by atoms with van der Waals surface area (Å²) >= 11 is 2.23. The first-order valence-electron chi connectivity index (χ1n) is 11.0. The third-order valence-corrected chi connectivity index (χ3v) is 6.24. The number of pyridine rings is 2. The van der Waals surface area contributed by atoms with Crippen LogP contribution in [-0.4, -0.2) is 53.6 Å². The van der Waals surface area contributed by atoms with Crippen molar-refractivity contribution < 1.29 is 13.9 Å². The maximum absolute atomic E-state index is 13.6. The van der Waals surface area contributed by atoms with E-state index in [2.05, 4.69) is 42.8 Å². The van der Waals surface area contributed by atoms with E-state index in [0.29, 0.717) is 43.1 Å². The van der Waals surface area contributed by atoms with Crippen LogP contribution >= 0.6 is 47.4 Å². The maximum atomic E-state index is 13.6. The molecule has 1 aromatic heterocycles. The lowest BCUT2D eigenvalue weighted by Crippen LogP contribution is -2.37. The molecule has 7 nitrogen and oxygen atoms in total. The minimum Gasteiger partial charge on any atom is -0.487 e. The lowest BCUT2D eigenvalue weighted by Gasteiger charge is -2.21. The number of halogens is 4. The van der Waals surface area contributed by atoms with Crippen molar-refractivity contribution in [2.24, 2.45) is 0 Å². The SMILES string of the molecule is CCN(CCNC(=O)c1ccc(=O)c2cc3cc(I)ccc3[nH]c1-2)CCOc1cccnc1F.Cl.Cl. The molecule has 0 unspecified atom stereocenters. The lowest BCUT2D eigenvalue weighted by atomic mass is 10.00. The van der Waals surface area contributed by atoms with Crippen LogP contribution in [0.3, 0.4) is 0 Å². The van der Waals surface area contributed by atoms with E-state index >= 15 is 0 Å². The van der Waals surface area contributed by atoms with Crippen LogP contribution < -0.4 is 15.5 Å². The number of hydrogen-bond acceptors (Lipinski definition) is 5. The molecule has 4 rings (SSSR count). The molecule has 1 aliphatic carbocycles. The smallest absolute Gasteiger partial charge is 0.255 e. The third-order valence-electron chi connectivity index (χ3n) is 5.57. The fourth-order valence-electron chi connectivity index (χ4n) is 3.74. The Morgan fingerprint density at radius 1 is 1.17 bits per heavy atom. The van der Waals surface area contributed by atoms with Crippen molar-refractivity contribution >= 4 is 64.2 Å². The summed E-state index contributed by atoms with van der Waals surface area (Å²) in [7, 11) is 0. The van der Waals surface area contributed by atoms with Crippen LogP contribution in [-0.2, 0) is 0 Å². The Hall–Kier alpha value is -2.47. The summed E-state index contributed by atoms with van der Waals surface area (Å²) in [6, 6.07) is 13.9. The molecule has 1 amide bonds. The molecule has 0 saturated carbocycles. The van der Waals surface area contributed by atoms with E-state index in [9.17, 15) is 14.0 Å². The number of fused-ring (bicyclic) bond motifs is 2. The average Bonchev–Trinajstić information content (AvgIpc) is 2.83. The minimum absolute atomic E-state index is 0. The van der Waals surface area contributed by atoms with Gasteiger partial charge in [-0.05, 0) is 83.1 Å². The van der Waals surface area contributed by atoms with Gasteiger partial charge in [-0.2, -0.15) is 4.39 Å². The normalized spacial score (nSPS) is 10.7. The molecule has 0 atom stereocenters. The zero-order chi connectivity index (χ0) is 24.1. The number of aromatic amines is 1. The van der Waals surface area contributed by atoms with Crippen LogP contribution in [0.5, 0.6) is 5.75 Å². The number of carbonyl (C=O) groups excluding carboxylic acids is 1. The first-order valence-corrected chi connectivity index (χ1v) is 12.0. The quantitative estimate of drug-likeness (QED) is 0.156. The summed E-state index contributed by atoms with van der Waals surface area (Å²) in [5.41, 5.74) is 2.16. The Balaban J connectivity index is 0.00000228. The van der Waals surface area contributed by atoms with Crippen LogP contribution in [0.25, 0.3) is 22.2 Å². The number of ether oxygens (including phenoxy) is 1. The molecular weight excluding hydrogens is 621 g/mol. The highest BCUT2D eigenvalue weighted by molar-refractivity contribution is 14.1. The topological polar surface area (TPSA) is 87.3 Å². The van der Waals surface area contributed by atoms with E-state index < -0.39 is 5.95 Å². The van der Waals surface area contributed by atoms with Crippen molar-refractivity contribution in [1.29, 1.82) is 0 Å². The molecule has 2 N–H and O–H groups in total. The van der Waals surface area contributed by atoms with E-state index in [4.69, 9.17) is 4.74 Å². The predicted molar refractivity (Wildman–Crippen MR) is 153 cm³/mol. The van der Waals surface area contributed by atoms with Crippen LogP contribution in [0.4, 0.5) is 4.39 Å². The Morgan fingerprint density at radius 2 is 1.97 bits per heavy atom. The Morgan fingerprint density at radius 3 is 2.72 bits per heavy atom. The highest BCUT2D eigenvalue weighted by Crippen LogP contribution is 2.26. The molecule has 1 aliphatic heterocycles. The summed E-state index contributed by atoms with van der Waals surface area (Å²) in [6.45, 7) is 4.66. The number of rotatable bonds is 9. The summed E-state index contributed by atoms with van der Waals surface area (Å²) in [5.74, 6) is -0.761. The van der Waals surface area contributed by atoms with Gasteiger partial charge in [0.05, 0.1) is 11.3 Å². The van der Waals surface area contributed by atoms with Crippen molar-refractivity contribution in [2.75, 3.05) is 32.8 Å². The van der Waals surface area contributed by atoms with Gasteiger partial charge < -0.3 is 15.0 Å². The van der Waals surface area contributed by atoms with Gasteiger partial charge in [0.25, 0.3) is 11.9 Å². The molecule has 0 saturated heterocycles. The molecule has 0 spiro atoms. The molecule has 0 fully saturated rings. The van der Waals surface area contributed by atoms with Crippen LogP contribution in [0.15, 0.2) is 59.5 Å². The van der Waals surface area contributed by atoms with Crippen LogP contribution in [0.1, 0.15) is 17.3 Å². The summed E-state index contributed by atoms with van der Waals surface area (Å²) in [6.07, 6.45) is 1.37. The number of nitrogens with one attached hydrogen (secondary N) is 2. The molecule has 11 heteroatoms. The highest BCUT2D eigenvalue weighted by Gasteiger charge is 2.18. The summed E-state index contributed by atoms with van der Waals surface area (Å²) in [5, 5.41) is 3.85. The number of benzene rings is 2. The standard InChI is InChI=1S/C25H24FIN4O3.2ClH/c1-2-31(12-13-34-22-4-3-9-28-24(22)26)11-10-29-25(33)18-6-8-21(32)19-15-16-14-17(27)5-7-20(16)30-23(18)19;;/h3-9,14-15,30H,2,10-13H2,1H3,(H,29,33);2*1H. The number of nitrogens with zero attached hydrogens (tertiary/aromatic N) is 2. The molecule has 1 aromatic carbocycles. The number of H-pyrrole nitrogens is 1. The zero-order valence-corrected chi connectivity index (χ0v) is 23.2. The fourth-order valence-corrected chi connectivity index (χ4v) is 4.25. The molecule has 192 valence electrons. The second-order valence-corrected chi connectivity index (χ2v) is 8.98. The molecule has 2 aromatic rings. The van der Waals surface area contributed by atoms with Gasteiger partial charge in [0.15, 0.2) is 11.2 Å². The van der Waals surface area contributed by atoms with E-state index in [0.717, 1.165) is 21.0 Å². The average molecular weight is 647 g/mol. The van der Waals surface area contributed by atoms with E-state index in [-0.39, 0.29) is 41.9 Å². The van der Waals surface area contributed by atoms with E-state index in [1.54, 1.807) is 12.1 Å². The summed E-state index contributed by atoms with van der Waals surface area (Å²) < 4.78 is 20.1. The molecular formula is C25H26Cl2FIN4O3. The number of aromatic nitrogens is 2. The number of hydrogen-bond donors (Lipinski definition) is 2. The number of amides is 1. The number of likely N-dealkylation sites (N-methyl/N-ethyl adjacent to an activating group) is 1. The number of carbonyl (C=O) groups is 1. The van der Waals surface area contributed by atoms with E-state index in [1.165, 1.54) is 18.3 Å². The van der Waals surface area contributed by atoms with Crippen molar-refractivity contribution in [3.8, 4) is 17.0 Å². The molecule has 2 aliphatic rings. The molecule has 2 heterocycles. The van der Waals surface area contributed by atoms with Crippen LogP contribution in [0, 0.1) is 9.52 Å². The second-order valence-electron chi connectivity index (χ2n) is 7.73. The molecule has 36 heavy (non-hydrogen) atoms. The van der Waals surface area contributed by atoms with Gasteiger partial charge in [0, 0.05) is 40.5 Å². The second kappa shape index (κ2) is 13.7. The van der Waals surface area contributed by atoms with Crippen molar-refractivity contribution in [3.63, 3.8) is 0 Å². The zero-order valence-electron chi connectivity index (χ0n) is 19.4. The van der Waals surface area contributed by atoms with Crippen molar-refractivity contribution in [3.05, 3.63) is 80.0 Å². The van der Waals surface area contributed by atoms with Crippen molar-refractivity contribution in [1.82, 2.24) is 20.2 Å². The maximum Gasteiger partial charge on any atom is 0.255 e. The van der Waals surface area contributed by atoms with Gasteiger partial charge in [-0.15, -0.1) is 24.8 Å². The Kier molecular flexibility index (Phi) is 11.4. The highest BCUT2D eigenvalue weighted by atomic mass is 127. The predicted octanol–water partition coefficient (Wildman–Crippen LogP) is 4.75. The van der Waals surface area contributed by atoms with Gasteiger partial charge in [0.2, 0.25) is 0 Å². The molecule has 0 bridgehead atoms. The van der Waals surface area contributed by atoms with Gasteiger partial charge in [-0.25, -0.2) is 4.98 Å². The van der Waals surface area contributed by atoms with Gasteiger partial charge in [-0.1, -0.05) is 6.92 Å². The van der Waals surface area contributed by atoms with E-state index in [1.807, 2.05) is 31.2 Å². The lowest BCUT2D eigenvalue weighted by molar-refractivity contribution is 0.0947. The van der Waals surface area contributed by atoms with Gasteiger partial charge in [0.1, 0.15) is 6.61 Å². The van der Waals surface area contributed by atoms with Gasteiger partial charge in [-0.3, -0.25) is 14.5 Å². The first-order chi connectivity index (χ1) is 16.5. The Bertz CT molecular complexity index is 1350. The Labute approximate surface area is 234 Å². The molecule has 0 radical (unpaired) electrons. The third kappa shape index (κ3) is 7.06.